The van der Waals surface area contributed by atoms with Crippen molar-refractivity contribution in [3.05, 3.63) is 77.9 Å². The van der Waals surface area contributed by atoms with Gasteiger partial charge in [0.1, 0.15) is 0 Å². The van der Waals surface area contributed by atoms with E-state index in [1.165, 1.54) is 12.1 Å². The Kier molecular flexibility index (Phi) is 5.46. The van der Waals surface area contributed by atoms with Crippen molar-refractivity contribution in [3.63, 3.8) is 0 Å². The molecular weight excluding hydrogens is 308 g/mol. The Morgan fingerprint density at radius 2 is 1.58 bits per heavy atom. The van der Waals surface area contributed by atoms with E-state index in [-0.39, 0.29) is 16.7 Å². The molecule has 1 aromatic heterocycles. The van der Waals surface area contributed by atoms with Crippen molar-refractivity contribution in [3.8, 4) is 11.1 Å². The van der Waals surface area contributed by atoms with Crippen LogP contribution in [0, 0.1) is 6.92 Å². The fraction of sp³-hybridized carbons (Fsp3) is 0.0556. The summed E-state index contributed by atoms with van der Waals surface area (Å²) in [5.74, 6) is -2.27. The largest absolute Gasteiger partial charge is 0.478 e. The average molecular weight is 324 g/mol. The molecule has 6 nitrogen and oxygen atoms in total. The lowest BCUT2D eigenvalue weighted by atomic mass is 9.92. The van der Waals surface area contributed by atoms with Crippen molar-refractivity contribution >= 4 is 11.9 Å². The molecule has 0 aliphatic carbocycles. The zero-order valence-corrected chi connectivity index (χ0v) is 12.9. The molecular formula is C18H16N2O4. The molecule has 0 spiro atoms. The summed E-state index contributed by atoms with van der Waals surface area (Å²) < 4.78 is 0. The lowest BCUT2D eigenvalue weighted by Gasteiger charge is -2.11. The SMILES string of the molecule is Cc1cc(C(=O)O)c(-c2ccccc2)c(C(=O)O)c1.c1c[nH]cn1. The van der Waals surface area contributed by atoms with E-state index in [2.05, 4.69) is 9.97 Å². The molecule has 122 valence electrons. The number of nitrogens with one attached hydrogen (secondary N) is 1. The van der Waals surface area contributed by atoms with Crippen LogP contribution in [0.4, 0.5) is 0 Å². The van der Waals surface area contributed by atoms with E-state index in [1.54, 1.807) is 56.0 Å². The molecule has 24 heavy (non-hydrogen) atoms. The van der Waals surface area contributed by atoms with Gasteiger partial charge in [0.2, 0.25) is 0 Å². The molecule has 6 heteroatoms. The number of aromatic carboxylic acids is 2. The summed E-state index contributed by atoms with van der Waals surface area (Å²) >= 11 is 0. The van der Waals surface area contributed by atoms with Gasteiger partial charge in [-0.25, -0.2) is 14.6 Å². The summed E-state index contributed by atoms with van der Waals surface area (Å²) in [6.07, 6.45) is 5.08. The Morgan fingerprint density at radius 1 is 1.00 bits per heavy atom. The van der Waals surface area contributed by atoms with E-state index >= 15 is 0 Å². The summed E-state index contributed by atoms with van der Waals surface area (Å²) in [5, 5.41) is 18.5. The van der Waals surface area contributed by atoms with E-state index in [0.29, 0.717) is 11.1 Å². The number of carboxylic acids is 2. The quantitative estimate of drug-likeness (QED) is 0.684. The minimum atomic E-state index is -1.13. The summed E-state index contributed by atoms with van der Waals surface area (Å²) in [5.41, 5.74) is 1.44. The van der Waals surface area contributed by atoms with Gasteiger partial charge in [0, 0.05) is 18.0 Å². The second kappa shape index (κ2) is 7.73. The third kappa shape index (κ3) is 4.07. The van der Waals surface area contributed by atoms with Crippen LogP contribution in [-0.2, 0) is 0 Å². The van der Waals surface area contributed by atoms with Gasteiger partial charge in [-0.05, 0) is 30.2 Å². The van der Waals surface area contributed by atoms with Gasteiger partial charge in [0.25, 0.3) is 0 Å². The molecule has 0 bridgehead atoms. The zero-order chi connectivity index (χ0) is 17.5. The Labute approximate surface area is 138 Å². The Morgan fingerprint density at radius 3 is 1.96 bits per heavy atom. The van der Waals surface area contributed by atoms with E-state index in [1.807, 2.05) is 0 Å². The maximum absolute atomic E-state index is 11.3. The molecule has 1 heterocycles. The van der Waals surface area contributed by atoms with E-state index in [9.17, 15) is 19.8 Å². The molecule has 0 atom stereocenters. The van der Waals surface area contributed by atoms with Gasteiger partial charge in [-0.3, -0.25) is 0 Å². The number of carboxylic acid groups (broad SMARTS) is 2. The van der Waals surface area contributed by atoms with Crippen LogP contribution in [0.2, 0.25) is 0 Å². The van der Waals surface area contributed by atoms with Gasteiger partial charge in [0.15, 0.2) is 0 Å². The number of hydrogen-bond acceptors (Lipinski definition) is 3. The lowest BCUT2D eigenvalue weighted by molar-refractivity contribution is 0.0696. The van der Waals surface area contributed by atoms with Crippen LogP contribution in [0.3, 0.4) is 0 Å². The first-order valence-electron chi connectivity index (χ1n) is 7.10. The molecule has 0 fully saturated rings. The zero-order valence-electron chi connectivity index (χ0n) is 12.9. The van der Waals surface area contributed by atoms with Gasteiger partial charge < -0.3 is 15.2 Å². The van der Waals surface area contributed by atoms with E-state index in [0.717, 1.165) is 0 Å². The van der Waals surface area contributed by atoms with E-state index in [4.69, 9.17) is 0 Å². The topological polar surface area (TPSA) is 103 Å². The highest BCUT2D eigenvalue weighted by Gasteiger charge is 2.20. The molecule has 0 aliphatic heterocycles. The van der Waals surface area contributed by atoms with Crippen molar-refractivity contribution in [1.29, 1.82) is 0 Å². The van der Waals surface area contributed by atoms with Gasteiger partial charge in [-0.2, -0.15) is 0 Å². The maximum Gasteiger partial charge on any atom is 0.336 e. The highest BCUT2D eigenvalue weighted by Crippen LogP contribution is 2.29. The molecule has 0 unspecified atom stereocenters. The third-order valence-electron chi connectivity index (χ3n) is 3.21. The number of imidazole rings is 1. The Balaban J connectivity index is 0.000000355. The van der Waals surface area contributed by atoms with Crippen LogP contribution < -0.4 is 0 Å². The van der Waals surface area contributed by atoms with Gasteiger partial charge in [-0.15, -0.1) is 0 Å². The number of rotatable bonds is 3. The summed E-state index contributed by atoms with van der Waals surface area (Å²) in [6, 6.07) is 11.6. The minimum absolute atomic E-state index is 0.00333. The Hall–Kier alpha value is -3.41. The number of carbonyl (C=O) groups is 2. The second-order valence-corrected chi connectivity index (χ2v) is 4.97. The first-order chi connectivity index (χ1) is 11.5. The summed E-state index contributed by atoms with van der Waals surface area (Å²) in [4.78, 5) is 29.1. The number of aryl methyl sites for hydroxylation is 1. The minimum Gasteiger partial charge on any atom is -0.478 e. The number of H-pyrrole nitrogens is 1. The van der Waals surface area contributed by atoms with Crippen molar-refractivity contribution < 1.29 is 19.8 Å². The maximum atomic E-state index is 11.3. The molecule has 3 N–H and O–H groups in total. The highest BCUT2D eigenvalue weighted by atomic mass is 16.4. The van der Waals surface area contributed by atoms with Crippen molar-refractivity contribution in [2.45, 2.75) is 6.92 Å². The van der Waals surface area contributed by atoms with Gasteiger partial charge >= 0.3 is 11.9 Å². The van der Waals surface area contributed by atoms with Crippen LogP contribution in [0.25, 0.3) is 11.1 Å². The number of benzene rings is 2. The molecule has 0 aliphatic rings. The number of aromatic amines is 1. The second-order valence-electron chi connectivity index (χ2n) is 4.97. The first-order valence-corrected chi connectivity index (χ1v) is 7.10. The molecule has 3 rings (SSSR count). The third-order valence-corrected chi connectivity index (χ3v) is 3.21. The lowest BCUT2D eigenvalue weighted by Crippen LogP contribution is -2.08. The predicted octanol–water partition coefficient (Wildman–Crippen LogP) is 3.47. The van der Waals surface area contributed by atoms with Crippen LogP contribution in [0.5, 0.6) is 0 Å². The molecule has 3 aromatic rings. The number of aromatic nitrogens is 2. The predicted molar refractivity (Wildman–Crippen MR) is 89.1 cm³/mol. The van der Waals surface area contributed by atoms with Gasteiger partial charge in [0.05, 0.1) is 17.5 Å². The summed E-state index contributed by atoms with van der Waals surface area (Å²) in [7, 11) is 0. The molecule has 2 aromatic carbocycles. The van der Waals surface area contributed by atoms with Crippen molar-refractivity contribution in [2.24, 2.45) is 0 Å². The fourth-order valence-corrected chi connectivity index (χ4v) is 2.25. The molecule has 0 radical (unpaired) electrons. The monoisotopic (exact) mass is 324 g/mol. The van der Waals surface area contributed by atoms with Gasteiger partial charge in [-0.1, -0.05) is 30.3 Å². The van der Waals surface area contributed by atoms with Crippen LogP contribution in [0.15, 0.2) is 61.2 Å². The fourth-order valence-electron chi connectivity index (χ4n) is 2.25. The Bertz CT molecular complexity index is 775. The molecule has 0 saturated heterocycles. The normalized spacial score (nSPS) is 9.71. The number of hydrogen-bond donors (Lipinski definition) is 3. The first kappa shape index (κ1) is 17.0. The summed E-state index contributed by atoms with van der Waals surface area (Å²) in [6.45, 7) is 1.67. The van der Waals surface area contributed by atoms with Crippen LogP contribution in [-0.4, -0.2) is 32.1 Å². The average Bonchev–Trinajstić information content (AvgIpc) is 3.14. The van der Waals surface area contributed by atoms with Crippen molar-refractivity contribution in [1.82, 2.24) is 9.97 Å². The van der Waals surface area contributed by atoms with Crippen LogP contribution in [0.1, 0.15) is 26.3 Å². The van der Waals surface area contributed by atoms with Crippen molar-refractivity contribution in [2.75, 3.05) is 0 Å². The smallest absolute Gasteiger partial charge is 0.336 e. The number of nitrogens with zero attached hydrogens (tertiary/aromatic N) is 1. The standard InChI is InChI=1S/C15H12O4.C3H4N2/c1-9-7-11(14(16)17)13(12(8-9)15(18)19)10-5-3-2-4-6-10;1-2-5-3-4-1/h2-8H,1H3,(H,16,17)(H,18,19);1-3H,(H,4,5). The molecule has 0 saturated carbocycles. The molecule has 0 amide bonds. The highest BCUT2D eigenvalue weighted by molar-refractivity contribution is 6.05. The van der Waals surface area contributed by atoms with E-state index < -0.39 is 11.9 Å². The van der Waals surface area contributed by atoms with Crippen LogP contribution >= 0.6 is 0 Å².